The highest BCUT2D eigenvalue weighted by Gasteiger charge is 2.32. The van der Waals surface area contributed by atoms with Crippen molar-refractivity contribution >= 4 is 10.9 Å². The lowest BCUT2D eigenvalue weighted by Gasteiger charge is -2.30. The quantitative estimate of drug-likeness (QED) is 0.425. The van der Waals surface area contributed by atoms with Crippen molar-refractivity contribution in [2.75, 3.05) is 13.7 Å². The molecule has 8 nitrogen and oxygen atoms in total. The van der Waals surface area contributed by atoms with E-state index in [-0.39, 0.29) is 17.6 Å². The minimum absolute atomic E-state index is 0.141. The molecule has 1 atom stereocenters. The molecule has 0 aliphatic heterocycles. The second-order valence-corrected chi connectivity index (χ2v) is 8.88. The Balaban J connectivity index is 1.64. The van der Waals surface area contributed by atoms with Gasteiger partial charge >= 0.3 is 0 Å². The van der Waals surface area contributed by atoms with Gasteiger partial charge < -0.3 is 9.72 Å². The molecule has 0 radical (unpaired) electrons. The highest BCUT2D eigenvalue weighted by Crippen LogP contribution is 2.34. The molecule has 176 valence electrons. The molecule has 0 unspecified atom stereocenters. The van der Waals surface area contributed by atoms with E-state index in [9.17, 15) is 4.79 Å². The summed E-state index contributed by atoms with van der Waals surface area (Å²) in [7, 11) is 1.62. The SMILES string of the molecule is CCN(Cc1ccccc1)[C@H](c1cc2ccc(OC)cc2[nH]c1=O)c1nnnn1C1CCCC1. The van der Waals surface area contributed by atoms with Crippen LogP contribution in [0.5, 0.6) is 5.75 Å². The van der Waals surface area contributed by atoms with E-state index < -0.39 is 0 Å². The Morgan fingerprint density at radius 1 is 1.15 bits per heavy atom. The summed E-state index contributed by atoms with van der Waals surface area (Å²) in [6, 6.07) is 17.9. The number of hydrogen-bond donors (Lipinski definition) is 1. The molecule has 5 rings (SSSR count). The number of pyridine rings is 1. The van der Waals surface area contributed by atoms with Crippen LogP contribution >= 0.6 is 0 Å². The van der Waals surface area contributed by atoms with Gasteiger partial charge in [0.2, 0.25) is 0 Å². The number of hydrogen-bond acceptors (Lipinski definition) is 6. The average Bonchev–Trinajstić information content (AvgIpc) is 3.56. The summed E-state index contributed by atoms with van der Waals surface area (Å²) in [6.45, 7) is 3.52. The Kier molecular flexibility index (Phi) is 6.40. The molecule has 2 aromatic carbocycles. The van der Waals surface area contributed by atoms with Gasteiger partial charge in [0.15, 0.2) is 5.82 Å². The van der Waals surface area contributed by atoms with Gasteiger partial charge in [0.1, 0.15) is 11.8 Å². The first-order valence-electron chi connectivity index (χ1n) is 11.9. The van der Waals surface area contributed by atoms with Crippen molar-refractivity contribution < 1.29 is 4.74 Å². The minimum atomic E-state index is -0.379. The van der Waals surface area contributed by atoms with Crippen molar-refractivity contribution in [2.24, 2.45) is 0 Å². The van der Waals surface area contributed by atoms with E-state index in [1.165, 1.54) is 18.4 Å². The van der Waals surface area contributed by atoms with Crippen LogP contribution in [0.1, 0.15) is 61.6 Å². The lowest BCUT2D eigenvalue weighted by atomic mass is 10.0. The Morgan fingerprint density at radius 3 is 2.68 bits per heavy atom. The third-order valence-corrected chi connectivity index (χ3v) is 6.81. The van der Waals surface area contributed by atoms with Crippen molar-refractivity contribution in [3.8, 4) is 5.75 Å². The minimum Gasteiger partial charge on any atom is -0.497 e. The number of nitrogens with zero attached hydrogens (tertiary/aromatic N) is 5. The number of aromatic amines is 1. The highest BCUT2D eigenvalue weighted by molar-refractivity contribution is 5.80. The molecular weight excluding hydrogens is 428 g/mol. The van der Waals surface area contributed by atoms with E-state index in [1.54, 1.807) is 7.11 Å². The maximum Gasteiger partial charge on any atom is 0.253 e. The molecule has 4 aromatic rings. The van der Waals surface area contributed by atoms with E-state index in [0.717, 1.165) is 36.1 Å². The van der Waals surface area contributed by atoms with Crippen molar-refractivity contribution in [1.29, 1.82) is 0 Å². The number of ether oxygens (including phenoxy) is 1. The van der Waals surface area contributed by atoms with Crippen LogP contribution in [0.15, 0.2) is 59.4 Å². The molecule has 8 heteroatoms. The summed E-state index contributed by atoms with van der Waals surface area (Å²) >= 11 is 0. The fourth-order valence-electron chi connectivity index (χ4n) is 5.02. The summed E-state index contributed by atoms with van der Waals surface area (Å²) < 4.78 is 7.29. The zero-order valence-electron chi connectivity index (χ0n) is 19.6. The van der Waals surface area contributed by atoms with E-state index in [0.29, 0.717) is 17.9 Å². The van der Waals surface area contributed by atoms with Crippen molar-refractivity contribution in [3.05, 3.63) is 81.9 Å². The molecule has 2 aromatic heterocycles. The topological polar surface area (TPSA) is 88.9 Å². The standard InChI is InChI=1S/C26H30N6O2/c1-3-31(17-18-9-5-4-6-10-18)24(25-28-29-30-32(25)20-11-7-8-12-20)22-15-19-13-14-21(34-2)16-23(19)27-26(22)33/h4-6,9-10,13-16,20,24H,3,7-8,11-12,17H2,1-2H3,(H,27,33)/t24-/m1/s1. The first-order valence-corrected chi connectivity index (χ1v) is 11.9. The second kappa shape index (κ2) is 9.77. The first kappa shape index (κ1) is 22.3. The van der Waals surface area contributed by atoms with Gasteiger partial charge in [-0.2, -0.15) is 0 Å². The van der Waals surface area contributed by atoms with E-state index >= 15 is 0 Å². The van der Waals surface area contributed by atoms with Crippen LogP contribution in [0.3, 0.4) is 0 Å². The van der Waals surface area contributed by atoms with E-state index in [4.69, 9.17) is 4.74 Å². The van der Waals surface area contributed by atoms with Crippen molar-refractivity contribution in [2.45, 2.75) is 51.2 Å². The van der Waals surface area contributed by atoms with Crippen LogP contribution in [0.25, 0.3) is 10.9 Å². The van der Waals surface area contributed by atoms with Crippen LogP contribution in [0, 0.1) is 0 Å². The summed E-state index contributed by atoms with van der Waals surface area (Å²) in [5.41, 5.74) is 2.42. The van der Waals surface area contributed by atoms with Gasteiger partial charge in [0.05, 0.1) is 18.7 Å². The average molecular weight is 459 g/mol. The lowest BCUT2D eigenvalue weighted by molar-refractivity contribution is 0.210. The molecular formula is C26H30N6O2. The van der Waals surface area contributed by atoms with Gasteiger partial charge in [-0.1, -0.05) is 50.1 Å². The van der Waals surface area contributed by atoms with Gasteiger partial charge in [0, 0.05) is 18.2 Å². The summed E-state index contributed by atoms with van der Waals surface area (Å²) in [4.78, 5) is 18.8. The maximum absolute atomic E-state index is 13.5. The number of aromatic nitrogens is 5. The summed E-state index contributed by atoms with van der Waals surface area (Å²) in [5, 5.41) is 13.9. The predicted octanol–water partition coefficient (Wildman–Crippen LogP) is 4.25. The molecule has 0 bridgehead atoms. The fourth-order valence-corrected chi connectivity index (χ4v) is 5.02. The van der Waals surface area contributed by atoms with Crippen LogP contribution in [0.4, 0.5) is 0 Å². The van der Waals surface area contributed by atoms with Crippen LogP contribution < -0.4 is 10.3 Å². The largest absolute Gasteiger partial charge is 0.497 e. The fraction of sp³-hybridized carbons (Fsp3) is 0.385. The van der Waals surface area contributed by atoms with Gasteiger partial charge in [-0.05, 0) is 59.0 Å². The Bertz CT molecular complexity index is 1310. The van der Waals surface area contributed by atoms with Crippen LogP contribution in [-0.2, 0) is 6.54 Å². The second-order valence-electron chi connectivity index (χ2n) is 8.88. The Hall–Kier alpha value is -3.52. The van der Waals surface area contributed by atoms with E-state index in [2.05, 4.69) is 44.5 Å². The van der Waals surface area contributed by atoms with E-state index in [1.807, 2.05) is 47.1 Å². The van der Waals surface area contributed by atoms with Crippen LogP contribution in [-0.4, -0.2) is 43.7 Å². The lowest BCUT2D eigenvalue weighted by Crippen LogP contribution is -2.35. The van der Waals surface area contributed by atoms with Crippen molar-refractivity contribution in [1.82, 2.24) is 30.1 Å². The maximum atomic E-state index is 13.5. The molecule has 1 fully saturated rings. The number of rotatable bonds is 8. The highest BCUT2D eigenvalue weighted by atomic mass is 16.5. The number of fused-ring (bicyclic) bond motifs is 1. The molecule has 2 heterocycles. The predicted molar refractivity (Wildman–Crippen MR) is 131 cm³/mol. The zero-order chi connectivity index (χ0) is 23.5. The van der Waals surface area contributed by atoms with Crippen LogP contribution in [0.2, 0.25) is 0 Å². The molecule has 0 saturated heterocycles. The monoisotopic (exact) mass is 458 g/mol. The van der Waals surface area contributed by atoms with Crippen molar-refractivity contribution in [3.63, 3.8) is 0 Å². The number of tetrazole rings is 1. The smallest absolute Gasteiger partial charge is 0.253 e. The molecule has 1 N–H and O–H groups in total. The number of benzene rings is 2. The van der Waals surface area contributed by atoms with Gasteiger partial charge in [-0.3, -0.25) is 9.69 Å². The third-order valence-electron chi connectivity index (χ3n) is 6.81. The molecule has 0 amide bonds. The molecule has 1 saturated carbocycles. The molecule has 1 aliphatic carbocycles. The number of nitrogens with one attached hydrogen (secondary N) is 1. The normalized spacial score (nSPS) is 15.3. The molecule has 1 aliphatic rings. The van der Waals surface area contributed by atoms with Gasteiger partial charge in [-0.15, -0.1) is 5.10 Å². The molecule has 34 heavy (non-hydrogen) atoms. The first-order chi connectivity index (χ1) is 16.7. The Labute approximate surface area is 198 Å². The molecule has 0 spiro atoms. The summed E-state index contributed by atoms with van der Waals surface area (Å²) in [5.74, 6) is 1.43. The van der Waals surface area contributed by atoms with Gasteiger partial charge in [0.25, 0.3) is 5.56 Å². The number of H-pyrrole nitrogens is 1. The Morgan fingerprint density at radius 2 is 1.94 bits per heavy atom. The number of methoxy groups -OCH3 is 1. The summed E-state index contributed by atoms with van der Waals surface area (Å²) in [6.07, 6.45) is 4.47. The third kappa shape index (κ3) is 4.33. The zero-order valence-corrected chi connectivity index (χ0v) is 19.6. The van der Waals surface area contributed by atoms with Gasteiger partial charge in [-0.25, -0.2) is 4.68 Å².